The molecular formula is C10H10O5S. The van der Waals surface area contributed by atoms with Crippen molar-refractivity contribution in [2.45, 2.75) is 4.90 Å². The van der Waals surface area contributed by atoms with Gasteiger partial charge in [0.25, 0.3) is 0 Å². The molecule has 1 aliphatic heterocycles. The van der Waals surface area contributed by atoms with E-state index in [9.17, 15) is 19.0 Å². The molecule has 5 nitrogen and oxygen atoms in total. The van der Waals surface area contributed by atoms with Crippen LogP contribution in [0.5, 0.6) is 0 Å². The molecule has 0 bridgehead atoms. The van der Waals surface area contributed by atoms with Crippen LogP contribution in [0.25, 0.3) is 5.76 Å². The van der Waals surface area contributed by atoms with Gasteiger partial charge in [-0.25, -0.2) is 4.79 Å². The molecule has 0 aliphatic carbocycles. The Morgan fingerprint density at radius 3 is 2.50 bits per heavy atom. The second-order valence-electron chi connectivity index (χ2n) is 3.21. The summed E-state index contributed by atoms with van der Waals surface area (Å²) in [5, 5.41) is 9.76. The molecule has 0 unspecified atom stereocenters. The number of benzene rings is 1. The Kier molecular flexibility index (Phi) is 2.42. The number of rotatable bonds is 1. The minimum atomic E-state index is -3.45. The Morgan fingerprint density at radius 1 is 1.31 bits per heavy atom. The van der Waals surface area contributed by atoms with Crippen molar-refractivity contribution in [1.82, 2.24) is 0 Å². The number of hydrogen-bond donors (Lipinski definition) is 3. The van der Waals surface area contributed by atoms with Gasteiger partial charge in [0.05, 0.1) is 12.0 Å². The van der Waals surface area contributed by atoms with Crippen LogP contribution in [0.1, 0.15) is 5.56 Å². The lowest BCUT2D eigenvalue weighted by atomic mass is 10.2. The van der Waals surface area contributed by atoms with Gasteiger partial charge in [0.2, 0.25) is 0 Å². The fourth-order valence-corrected chi connectivity index (χ4v) is 3.24. The van der Waals surface area contributed by atoms with Gasteiger partial charge in [0, 0.05) is 5.56 Å². The quantitative estimate of drug-likeness (QED) is 0.657. The lowest BCUT2D eigenvalue weighted by Gasteiger charge is -2.28. The molecule has 1 heterocycles. The van der Waals surface area contributed by atoms with Crippen LogP contribution in [0.2, 0.25) is 0 Å². The molecule has 0 aromatic heterocycles. The van der Waals surface area contributed by atoms with Crippen molar-refractivity contribution in [2.75, 3.05) is 7.11 Å². The molecule has 3 N–H and O–H groups in total. The Hall–Kier alpha value is -1.50. The second-order valence-corrected chi connectivity index (χ2v) is 5.16. The summed E-state index contributed by atoms with van der Waals surface area (Å²) in [6, 6.07) is 6.19. The molecule has 0 atom stereocenters. The highest BCUT2D eigenvalue weighted by atomic mass is 32.3. The number of esters is 1. The average molecular weight is 242 g/mol. The number of carbonyl (C=O) groups is 1. The maximum atomic E-state index is 11.4. The molecule has 2 rings (SSSR count). The van der Waals surface area contributed by atoms with E-state index in [0.29, 0.717) is 0 Å². The molecular weight excluding hydrogens is 232 g/mol. The van der Waals surface area contributed by atoms with Crippen LogP contribution in [0.3, 0.4) is 0 Å². The fraction of sp³-hybridized carbons (Fsp3) is 0.100. The van der Waals surface area contributed by atoms with Crippen LogP contribution in [-0.4, -0.2) is 27.3 Å². The molecule has 0 saturated heterocycles. The molecule has 0 fully saturated rings. The van der Waals surface area contributed by atoms with Crippen LogP contribution in [0.4, 0.5) is 0 Å². The molecule has 1 aromatic rings. The van der Waals surface area contributed by atoms with E-state index >= 15 is 0 Å². The zero-order chi connectivity index (χ0) is 11.9. The van der Waals surface area contributed by atoms with Gasteiger partial charge in [0.1, 0.15) is 0 Å². The highest BCUT2D eigenvalue weighted by molar-refractivity contribution is 8.28. The van der Waals surface area contributed by atoms with Crippen molar-refractivity contribution >= 4 is 22.3 Å². The van der Waals surface area contributed by atoms with Crippen molar-refractivity contribution < 1.29 is 23.7 Å². The van der Waals surface area contributed by atoms with E-state index in [4.69, 9.17) is 0 Å². The standard InChI is InChI=1S/C10H10O5S/c1-15-10(12)9-8(11)6-4-2-3-5-7(6)16(9,13)14/h2-5,11,13-14H,1H3. The number of carbonyl (C=O) groups excluding carboxylic acids is 1. The summed E-state index contributed by atoms with van der Waals surface area (Å²) in [6.45, 7) is 0. The second kappa shape index (κ2) is 3.51. The number of ether oxygens (including phenoxy) is 1. The van der Waals surface area contributed by atoms with Crippen LogP contribution in [0.15, 0.2) is 34.1 Å². The number of aliphatic hydroxyl groups excluding tert-OH is 1. The molecule has 0 amide bonds. The van der Waals surface area contributed by atoms with Crippen molar-refractivity contribution in [3.8, 4) is 0 Å². The summed E-state index contributed by atoms with van der Waals surface area (Å²) in [6.07, 6.45) is 0. The van der Waals surface area contributed by atoms with Gasteiger partial charge in [-0.3, -0.25) is 9.11 Å². The highest BCUT2D eigenvalue weighted by Gasteiger charge is 2.40. The normalized spacial score (nSPS) is 19.2. The number of aliphatic hydroxyl groups is 1. The predicted octanol–water partition coefficient (Wildman–Crippen LogP) is 2.21. The van der Waals surface area contributed by atoms with Gasteiger partial charge in [-0.15, -0.1) is 10.6 Å². The summed E-state index contributed by atoms with van der Waals surface area (Å²) in [5.41, 5.74) is 0.253. The highest BCUT2D eigenvalue weighted by Crippen LogP contribution is 2.63. The van der Waals surface area contributed by atoms with Crippen molar-refractivity contribution in [3.63, 3.8) is 0 Å². The Morgan fingerprint density at radius 2 is 1.94 bits per heavy atom. The molecule has 0 spiro atoms. The Bertz CT molecular complexity index is 492. The minimum Gasteiger partial charge on any atom is -0.505 e. The fourth-order valence-electron chi connectivity index (χ4n) is 1.58. The third kappa shape index (κ3) is 1.31. The summed E-state index contributed by atoms with van der Waals surface area (Å²) >= 11 is 0. The van der Waals surface area contributed by atoms with E-state index in [-0.39, 0.29) is 10.5 Å². The van der Waals surface area contributed by atoms with E-state index < -0.39 is 27.2 Å². The van der Waals surface area contributed by atoms with Crippen LogP contribution >= 0.6 is 10.6 Å². The molecule has 1 aliphatic rings. The minimum absolute atomic E-state index is 0.146. The third-order valence-corrected chi connectivity index (χ3v) is 4.22. The average Bonchev–Trinajstić information content (AvgIpc) is 2.47. The van der Waals surface area contributed by atoms with Gasteiger partial charge >= 0.3 is 5.97 Å². The molecule has 86 valence electrons. The molecule has 1 aromatic carbocycles. The van der Waals surface area contributed by atoms with Crippen molar-refractivity contribution in [1.29, 1.82) is 0 Å². The number of methoxy groups -OCH3 is 1. The topological polar surface area (TPSA) is 87.0 Å². The van der Waals surface area contributed by atoms with Gasteiger partial charge in [-0.2, -0.15) is 0 Å². The Labute approximate surface area is 93.3 Å². The van der Waals surface area contributed by atoms with Crippen molar-refractivity contribution in [3.05, 3.63) is 34.7 Å². The molecule has 16 heavy (non-hydrogen) atoms. The molecule has 0 saturated carbocycles. The smallest absolute Gasteiger partial charge is 0.358 e. The van der Waals surface area contributed by atoms with E-state index in [0.717, 1.165) is 7.11 Å². The van der Waals surface area contributed by atoms with Crippen LogP contribution in [-0.2, 0) is 9.53 Å². The van der Waals surface area contributed by atoms with Gasteiger partial charge in [-0.05, 0) is 12.1 Å². The summed E-state index contributed by atoms with van der Waals surface area (Å²) in [5.74, 6) is -1.36. The third-order valence-electron chi connectivity index (χ3n) is 2.32. The van der Waals surface area contributed by atoms with E-state index in [1.165, 1.54) is 12.1 Å². The number of fused-ring (bicyclic) bond motifs is 1. The monoisotopic (exact) mass is 242 g/mol. The van der Waals surface area contributed by atoms with Crippen molar-refractivity contribution in [2.24, 2.45) is 0 Å². The molecule has 0 radical (unpaired) electrons. The van der Waals surface area contributed by atoms with E-state index in [1.807, 2.05) is 0 Å². The van der Waals surface area contributed by atoms with E-state index in [1.54, 1.807) is 12.1 Å². The molecule has 6 heteroatoms. The lowest BCUT2D eigenvalue weighted by Crippen LogP contribution is -2.10. The van der Waals surface area contributed by atoms with Crippen LogP contribution in [0, 0.1) is 0 Å². The first-order chi connectivity index (χ1) is 7.50. The van der Waals surface area contributed by atoms with Gasteiger partial charge in [-0.1, -0.05) is 12.1 Å². The first-order valence-electron chi connectivity index (χ1n) is 4.39. The first-order valence-corrected chi connectivity index (χ1v) is 5.94. The Balaban J connectivity index is 2.66. The SMILES string of the molecule is COC(=O)C1=C(O)c2ccccc2S1(O)O. The summed E-state index contributed by atoms with van der Waals surface area (Å²) in [7, 11) is -2.34. The zero-order valence-electron chi connectivity index (χ0n) is 8.38. The largest absolute Gasteiger partial charge is 0.505 e. The zero-order valence-corrected chi connectivity index (χ0v) is 9.19. The number of hydrogen-bond acceptors (Lipinski definition) is 5. The lowest BCUT2D eigenvalue weighted by molar-refractivity contribution is -0.135. The predicted molar refractivity (Wildman–Crippen MR) is 59.1 cm³/mol. The van der Waals surface area contributed by atoms with E-state index in [2.05, 4.69) is 4.74 Å². The summed E-state index contributed by atoms with van der Waals surface area (Å²) < 4.78 is 24.2. The maximum Gasteiger partial charge on any atom is 0.358 e. The van der Waals surface area contributed by atoms with Crippen LogP contribution < -0.4 is 0 Å². The van der Waals surface area contributed by atoms with Gasteiger partial charge in [0.15, 0.2) is 10.7 Å². The first kappa shape index (κ1) is 11.0. The summed E-state index contributed by atoms with van der Waals surface area (Å²) in [4.78, 5) is 11.0. The maximum absolute atomic E-state index is 11.4. The van der Waals surface area contributed by atoms with Gasteiger partial charge < -0.3 is 9.84 Å².